The standard InChI is InChI=1S/C18H29N3O3/c1-13-19-16(20-24-13)11-14-5-4-8-21(12-14)17(22)18(2,3)15-6-9-23-10-7-15/h14-15H,4-12H2,1-3H3. The second-order valence-electron chi connectivity index (χ2n) is 7.80. The maximum absolute atomic E-state index is 13.2. The third kappa shape index (κ3) is 3.79. The summed E-state index contributed by atoms with van der Waals surface area (Å²) in [6, 6.07) is 0. The molecule has 3 heterocycles. The van der Waals surface area contributed by atoms with Crippen molar-refractivity contribution < 1.29 is 14.1 Å². The summed E-state index contributed by atoms with van der Waals surface area (Å²) in [6.45, 7) is 9.26. The highest BCUT2D eigenvalue weighted by atomic mass is 16.5. The lowest BCUT2D eigenvalue weighted by Gasteiger charge is -2.42. The van der Waals surface area contributed by atoms with Crippen molar-refractivity contribution in [2.24, 2.45) is 17.3 Å². The van der Waals surface area contributed by atoms with E-state index in [9.17, 15) is 4.79 Å². The molecule has 0 bridgehead atoms. The molecule has 0 spiro atoms. The predicted molar refractivity (Wildman–Crippen MR) is 89.4 cm³/mol. The summed E-state index contributed by atoms with van der Waals surface area (Å²) in [6.07, 6.45) is 4.93. The fourth-order valence-corrected chi connectivity index (χ4v) is 4.10. The van der Waals surface area contributed by atoms with E-state index in [2.05, 4.69) is 28.9 Å². The van der Waals surface area contributed by atoms with Gasteiger partial charge in [-0.2, -0.15) is 4.98 Å². The summed E-state index contributed by atoms with van der Waals surface area (Å²) < 4.78 is 10.5. The van der Waals surface area contributed by atoms with E-state index in [0.717, 1.165) is 64.2 Å². The number of carbonyl (C=O) groups excluding carboxylic acids is 1. The Labute approximate surface area is 143 Å². The Bertz CT molecular complexity index is 564. The van der Waals surface area contributed by atoms with Gasteiger partial charge in [0.1, 0.15) is 0 Å². The van der Waals surface area contributed by atoms with Crippen LogP contribution in [0.4, 0.5) is 0 Å². The van der Waals surface area contributed by atoms with Gasteiger partial charge in [0.05, 0.1) is 0 Å². The van der Waals surface area contributed by atoms with E-state index in [0.29, 0.717) is 23.6 Å². The van der Waals surface area contributed by atoms with Gasteiger partial charge in [-0.1, -0.05) is 19.0 Å². The molecule has 24 heavy (non-hydrogen) atoms. The third-order valence-electron chi connectivity index (χ3n) is 5.64. The number of nitrogens with zero attached hydrogens (tertiary/aromatic N) is 3. The number of hydrogen-bond acceptors (Lipinski definition) is 5. The first kappa shape index (κ1) is 17.4. The van der Waals surface area contributed by atoms with Gasteiger partial charge in [0.2, 0.25) is 11.8 Å². The zero-order chi connectivity index (χ0) is 17.2. The molecule has 3 rings (SSSR count). The highest BCUT2D eigenvalue weighted by molar-refractivity contribution is 5.82. The molecule has 2 saturated heterocycles. The first-order valence-corrected chi connectivity index (χ1v) is 9.13. The van der Waals surface area contributed by atoms with Crippen LogP contribution in [0.15, 0.2) is 4.52 Å². The zero-order valence-corrected chi connectivity index (χ0v) is 15.1. The van der Waals surface area contributed by atoms with E-state index in [4.69, 9.17) is 9.26 Å². The van der Waals surface area contributed by atoms with Crippen LogP contribution in [0.1, 0.15) is 51.2 Å². The van der Waals surface area contributed by atoms with Crippen LogP contribution >= 0.6 is 0 Å². The minimum Gasteiger partial charge on any atom is -0.381 e. The fourth-order valence-electron chi connectivity index (χ4n) is 4.10. The monoisotopic (exact) mass is 335 g/mol. The lowest BCUT2D eigenvalue weighted by atomic mass is 9.73. The Morgan fingerprint density at radius 2 is 2.04 bits per heavy atom. The maximum Gasteiger partial charge on any atom is 0.228 e. The Kier molecular flexibility index (Phi) is 5.23. The van der Waals surface area contributed by atoms with Crippen LogP contribution in [0.25, 0.3) is 0 Å². The van der Waals surface area contributed by atoms with Crippen LogP contribution < -0.4 is 0 Å². The van der Waals surface area contributed by atoms with Gasteiger partial charge >= 0.3 is 0 Å². The Morgan fingerprint density at radius 1 is 1.29 bits per heavy atom. The molecule has 2 aliphatic heterocycles. The third-order valence-corrected chi connectivity index (χ3v) is 5.64. The van der Waals surface area contributed by atoms with Crippen molar-refractivity contribution in [3.8, 4) is 0 Å². The SMILES string of the molecule is Cc1nc(CC2CCCN(C(=O)C(C)(C)C3CCOCC3)C2)no1. The number of ether oxygens (including phenoxy) is 1. The van der Waals surface area contributed by atoms with Gasteiger partial charge in [-0.15, -0.1) is 0 Å². The van der Waals surface area contributed by atoms with Crippen molar-refractivity contribution >= 4 is 5.91 Å². The number of piperidine rings is 1. The lowest BCUT2D eigenvalue weighted by Crippen LogP contribution is -2.49. The summed E-state index contributed by atoms with van der Waals surface area (Å²) in [5.41, 5.74) is -0.311. The lowest BCUT2D eigenvalue weighted by molar-refractivity contribution is -0.147. The summed E-state index contributed by atoms with van der Waals surface area (Å²) >= 11 is 0. The molecule has 6 heteroatoms. The quantitative estimate of drug-likeness (QED) is 0.846. The number of aromatic nitrogens is 2. The van der Waals surface area contributed by atoms with Crippen LogP contribution in [-0.2, 0) is 16.0 Å². The molecule has 1 atom stereocenters. The number of likely N-dealkylation sites (tertiary alicyclic amines) is 1. The van der Waals surface area contributed by atoms with E-state index >= 15 is 0 Å². The topological polar surface area (TPSA) is 68.5 Å². The van der Waals surface area contributed by atoms with Gasteiger partial charge in [-0.3, -0.25) is 4.79 Å². The minimum absolute atomic E-state index is 0.295. The smallest absolute Gasteiger partial charge is 0.228 e. The largest absolute Gasteiger partial charge is 0.381 e. The number of carbonyl (C=O) groups is 1. The second kappa shape index (κ2) is 7.21. The molecule has 0 N–H and O–H groups in total. The number of aryl methyl sites for hydroxylation is 1. The predicted octanol–water partition coefficient (Wildman–Crippen LogP) is 2.61. The van der Waals surface area contributed by atoms with Crippen LogP contribution in [0.3, 0.4) is 0 Å². The van der Waals surface area contributed by atoms with Crippen LogP contribution in [0.5, 0.6) is 0 Å². The van der Waals surface area contributed by atoms with Crippen LogP contribution in [0.2, 0.25) is 0 Å². The molecule has 1 aromatic rings. The Morgan fingerprint density at radius 3 is 2.71 bits per heavy atom. The summed E-state index contributed by atoms with van der Waals surface area (Å²) in [5.74, 6) is 2.50. The Balaban J connectivity index is 1.61. The molecule has 1 aromatic heterocycles. The normalized spacial score (nSPS) is 23.5. The van der Waals surface area contributed by atoms with Gasteiger partial charge in [0.25, 0.3) is 0 Å². The average Bonchev–Trinajstić information content (AvgIpc) is 3.00. The molecule has 0 radical (unpaired) electrons. The molecule has 1 amide bonds. The first-order chi connectivity index (χ1) is 11.5. The van der Waals surface area contributed by atoms with E-state index in [1.165, 1.54) is 0 Å². The molecule has 0 aromatic carbocycles. The first-order valence-electron chi connectivity index (χ1n) is 9.13. The molecular weight excluding hydrogens is 306 g/mol. The van der Waals surface area contributed by atoms with Crippen molar-refractivity contribution in [3.63, 3.8) is 0 Å². The Hall–Kier alpha value is -1.43. The molecule has 0 saturated carbocycles. The zero-order valence-electron chi connectivity index (χ0n) is 15.1. The van der Waals surface area contributed by atoms with Crippen molar-refractivity contribution in [2.75, 3.05) is 26.3 Å². The molecule has 1 unspecified atom stereocenters. The average molecular weight is 335 g/mol. The van der Waals surface area contributed by atoms with Crippen LogP contribution in [-0.4, -0.2) is 47.3 Å². The molecule has 2 aliphatic rings. The van der Waals surface area contributed by atoms with E-state index in [1.54, 1.807) is 0 Å². The van der Waals surface area contributed by atoms with Gasteiger partial charge in [-0.05, 0) is 37.5 Å². The molecular formula is C18H29N3O3. The molecule has 2 fully saturated rings. The number of rotatable bonds is 4. The van der Waals surface area contributed by atoms with Gasteiger partial charge in [0.15, 0.2) is 5.82 Å². The van der Waals surface area contributed by atoms with E-state index in [-0.39, 0.29) is 5.41 Å². The van der Waals surface area contributed by atoms with Gasteiger partial charge in [0, 0.05) is 45.1 Å². The van der Waals surface area contributed by atoms with E-state index < -0.39 is 0 Å². The summed E-state index contributed by atoms with van der Waals surface area (Å²) in [7, 11) is 0. The minimum atomic E-state index is -0.311. The van der Waals surface area contributed by atoms with Gasteiger partial charge < -0.3 is 14.2 Å². The maximum atomic E-state index is 13.2. The van der Waals surface area contributed by atoms with Crippen molar-refractivity contribution in [1.29, 1.82) is 0 Å². The molecule has 0 aliphatic carbocycles. The molecule has 134 valence electrons. The summed E-state index contributed by atoms with van der Waals surface area (Å²) in [5, 5.41) is 4.00. The molecule has 6 nitrogen and oxygen atoms in total. The highest BCUT2D eigenvalue weighted by Gasteiger charge is 2.41. The van der Waals surface area contributed by atoms with Crippen molar-refractivity contribution in [2.45, 2.75) is 52.9 Å². The number of amides is 1. The highest BCUT2D eigenvalue weighted by Crippen LogP contribution is 2.37. The van der Waals surface area contributed by atoms with Gasteiger partial charge in [-0.25, -0.2) is 0 Å². The summed E-state index contributed by atoms with van der Waals surface area (Å²) in [4.78, 5) is 19.5. The number of hydrogen-bond donors (Lipinski definition) is 0. The van der Waals surface area contributed by atoms with Crippen molar-refractivity contribution in [1.82, 2.24) is 15.0 Å². The van der Waals surface area contributed by atoms with Crippen LogP contribution in [0, 0.1) is 24.2 Å². The van der Waals surface area contributed by atoms with E-state index in [1.807, 2.05) is 6.92 Å². The second-order valence-corrected chi connectivity index (χ2v) is 7.80. The van der Waals surface area contributed by atoms with Crippen molar-refractivity contribution in [3.05, 3.63) is 11.7 Å². The fraction of sp³-hybridized carbons (Fsp3) is 0.833.